The van der Waals surface area contributed by atoms with Crippen LogP contribution in [0.3, 0.4) is 0 Å². The molecule has 4 aromatic rings. The maximum Gasteiger partial charge on any atom is 0.411 e. The third-order valence-corrected chi connectivity index (χ3v) is 7.87. The van der Waals surface area contributed by atoms with Crippen LogP contribution in [0, 0.1) is 17.2 Å². The van der Waals surface area contributed by atoms with E-state index in [0.717, 1.165) is 66.6 Å². The Kier molecular flexibility index (Phi) is 6.97. The Morgan fingerprint density at radius 3 is 2.67 bits per heavy atom. The monoisotopic (exact) mass is 523 g/mol. The molecule has 2 fully saturated rings. The summed E-state index contributed by atoms with van der Waals surface area (Å²) in [6, 6.07) is 18.4. The van der Waals surface area contributed by atoms with E-state index in [9.17, 15) is 10.1 Å². The molecule has 0 spiro atoms. The van der Waals surface area contributed by atoms with E-state index >= 15 is 0 Å². The van der Waals surface area contributed by atoms with E-state index in [0.29, 0.717) is 29.8 Å². The minimum Gasteiger partial charge on any atom is -0.493 e. The van der Waals surface area contributed by atoms with Crippen molar-refractivity contribution < 1.29 is 14.3 Å². The molecule has 1 amide bonds. The lowest BCUT2D eigenvalue weighted by Gasteiger charge is -2.30. The van der Waals surface area contributed by atoms with Crippen LogP contribution in [0.2, 0.25) is 0 Å². The van der Waals surface area contributed by atoms with E-state index in [4.69, 9.17) is 9.47 Å². The van der Waals surface area contributed by atoms with E-state index in [1.807, 2.05) is 60.3 Å². The standard InChI is InChI=1S/C31H33N5O3/c1-21(22-7-8-22)39-31(37)34-24-11-9-23(10-12-24)30-28(20-32)27-14-13-26(19-29(27)36(30)25-5-2-6-25)38-18-4-17-35-16-3-15-33-35/h3,9-16,19,21-22,25H,2,4-8,17-18H2,1H3,(H,34,37). The van der Waals surface area contributed by atoms with Crippen LogP contribution in [0.15, 0.2) is 60.9 Å². The second-order valence-electron chi connectivity index (χ2n) is 10.6. The minimum absolute atomic E-state index is 0.0640. The van der Waals surface area contributed by atoms with Crippen LogP contribution in [-0.2, 0) is 11.3 Å². The zero-order valence-corrected chi connectivity index (χ0v) is 22.2. The van der Waals surface area contributed by atoms with Crippen LogP contribution in [0.4, 0.5) is 10.5 Å². The van der Waals surface area contributed by atoms with Crippen LogP contribution in [-0.4, -0.2) is 33.2 Å². The minimum atomic E-state index is -0.430. The van der Waals surface area contributed by atoms with Gasteiger partial charge in [-0.1, -0.05) is 12.1 Å². The van der Waals surface area contributed by atoms with Gasteiger partial charge < -0.3 is 14.0 Å². The van der Waals surface area contributed by atoms with Crippen molar-refractivity contribution in [3.05, 3.63) is 66.5 Å². The topological polar surface area (TPSA) is 94.1 Å². The number of nitrogens with zero attached hydrogens (tertiary/aromatic N) is 4. The quantitative estimate of drug-likeness (QED) is 0.228. The second-order valence-corrected chi connectivity index (χ2v) is 10.6. The zero-order valence-electron chi connectivity index (χ0n) is 22.2. The Balaban J connectivity index is 1.24. The SMILES string of the molecule is CC(OC(=O)Nc1ccc(-c2c(C#N)c3ccc(OCCCn4cccn4)cc3n2C2CCC2)cc1)C1CC1. The molecule has 6 rings (SSSR count). The van der Waals surface area contributed by atoms with Crippen molar-refractivity contribution in [2.24, 2.45) is 5.92 Å². The van der Waals surface area contributed by atoms with E-state index < -0.39 is 6.09 Å². The van der Waals surface area contributed by atoms with Crippen molar-refractivity contribution in [3.63, 3.8) is 0 Å². The maximum absolute atomic E-state index is 12.3. The normalized spacial score (nSPS) is 15.9. The maximum atomic E-state index is 12.3. The Bertz CT molecular complexity index is 1490. The van der Waals surface area contributed by atoms with Crippen LogP contribution in [0.1, 0.15) is 57.1 Å². The number of hydrogen-bond donors (Lipinski definition) is 1. The number of hydrogen-bond acceptors (Lipinski definition) is 5. The molecule has 0 bridgehead atoms. The number of nitriles is 1. The summed E-state index contributed by atoms with van der Waals surface area (Å²) in [5.41, 5.74) is 4.23. The lowest BCUT2D eigenvalue weighted by molar-refractivity contribution is 0.108. The molecule has 0 aliphatic heterocycles. The molecular formula is C31H33N5O3. The number of aryl methyl sites for hydroxylation is 1. The van der Waals surface area contributed by atoms with E-state index in [-0.39, 0.29) is 6.10 Å². The fourth-order valence-corrected chi connectivity index (χ4v) is 5.34. The van der Waals surface area contributed by atoms with Crippen LogP contribution < -0.4 is 10.1 Å². The number of benzene rings is 2. The van der Waals surface area contributed by atoms with Gasteiger partial charge in [-0.25, -0.2) is 4.79 Å². The van der Waals surface area contributed by atoms with E-state index in [2.05, 4.69) is 27.1 Å². The predicted octanol–water partition coefficient (Wildman–Crippen LogP) is 6.92. The molecule has 1 N–H and O–H groups in total. The van der Waals surface area contributed by atoms with Crippen molar-refractivity contribution in [2.45, 2.75) is 64.1 Å². The Morgan fingerprint density at radius 2 is 2.00 bits per heavy atom. The first-order valence-electron chi connectivity index (χ1n) is 13.9. The van der Waals surface area contributed by atoms with Crippen molar-refractivity contribution in [1.82, 2.24) is 14.3 Å². The van der Waals surface area contributed by atoms with E-state index in [1.54, 1.807) is 6.20 Å². The largest absolute Gasteiger partial charge is 0.493 e. The fourth-order valence-electron chi connectivity index (χ4n) is 5.34. The molecule has 39 heavy (non-hydrogen) atoms. The molecule has 8 nitrogen and oxygen atoms in total. The molecular weight excluding hydrogens is 490 g/mol. The van der Waals surface area contributed by atoms with Crippen molar-refractivity contribution in [2.75, 3.05) is 11.9 Å². The molecule has 200 valence electrons. The average molecular weight is 524 g/mol. The molecule has 2 aromatic heterocycles. The van der Waals surface area contributed by atoms with E-state index in [1.165, 1.54) is 6.42 Å². The van der Waals surface area contributed by atoms with Gasteiger partial charge in [-0.2, -0.15) is 10.4 Å². The summed E-state index contributed by atoms with van der Waals surface area (Å²) in [5, 5.41) is 18.2. The highest BCUT2D eigenvalue weighted by atomic mass is 16.6. The number of amides is 1. The first-order valence-corrected chi connectivity index (χ1v) is 13.9. The first kappa shape index (κ1) is 25.1. The Hall–Kier alpha value is -4.25. The smallest absolute Gasteiger partial charge is 0.411 e. The third-order valence-electron chi connectivity index (χ3n) is 7.87. The molecule has 0 radical (unpaired) electrons. The number of rotatable bonds is 10. The summed E-state index contributed by atoms with van der Waals surface area (Å²) < 4.78 is 15.8. The van der Waals surface area contributed by atoms with Gasteiger partial charge in [0.05, 0.1) is 23.4 Å². The van der Waals surface area contributed by atoms with Crippen LogP contribution >= 0.6 is 0 Å². The summed E-state index contributed by atoms with van der Waals surface area (Å²) in [6.45, 7) is 3.34. The van der Waals surface area contributed by atoms with Crippen molar-refractivity contribution in [1.29, 1.82) is 5.26 Å². The number of nitrogens with one attached hydrogen (secondary N) is 1. The fraction of sp³-hybridized carbons (Fsp3) is 0.387. The van der Waals surface area contributed by atoms with Crippen molar-refractivity contribution >= 4 is 22.7 Å². The summed E-state index contributed by atoms with van der Waals surface area (Å²) in [7, 11) is 0. The average Bonchev–Trinajstić information content (AvgIpc) is 3.55. The van der Waals surface area contributed by atoms with Gasteiger partial charge in [0.1, 0.15) is 17.9 Å². The molecule has 2 saturated carbocycles. The van der Waals surface area contributed by atoms with Gasteiger partial charge in [0.15, 0.2) is 0 Å². The Labute approximate surface area is 228 Å². The number of carbonyl (C=O) groups excluding carboxylic acids is 1. The lowest BCUT2D eigenvalue weighted by atomic mass is 9.92. The van der Waals surface area contributed by atoms with Gasteiger partial charge in [0, 0.05) is 48.5 Å². The summed E-state index contributed by atoms with van der Waals surface area (Å²) in [6.07, 6.45) is 9.69. The molecule has 2 aliphatic carbocycles. The first-order chi connectivity index (χ1) is 19.1. The highest BCUT2D eigenvalue weighted by Gasteiger charge is 2.31. The summed E-state index contributed by atoms with van der Waals surface area (Å²) in [5.74, 6) is 1.29. The molecule has 1 atom stereocenters. The highest BCUT2D eigenvalue weighted by Crippen LogP contribution is 2.43. The van der Waals surface area contributed by atoms with Crippen molar-refractivity contribution in [3.8, 4) is 23.1 Å². The molecule has 2 aliphatic rings. The van der Waals surface area contributed by atoms with Gasteiger partial charge in [-0.3, -0.25) is 10.00 Å². The summed E-state index contributed by atoms with van der Waals surface area (Å²) in [4.78, 5) is 12.3. The molecule has 2 heterocycles. The predicted molar refractivity (Wildman–Crippen MR) is 150 cm³/mol. The zero-order chi connectivity index (χ0) is 26.8. The number of carbonyl (C=O) groups is 1. The third kappa shape index (κ3) is 5.35. The molecule has 1 unspecified atom stereocenters. The number of aromatic nitrogens is 3. The highest BCUT2D eigenvalue weighted by molar-refractivity contribution is 5.96. The molecule has 0 saturated heterocycles. The number of anilines is 1. The number of fused-ring (bicyclic) bond motifs is 1. The van der Waals surface area contributed by atoms with Crippen LogP contribution in [0.5, 0.6) is 5.75 Å². The lowest BCUT2D eigenvalue weighted by Crippen LogP contribution is -2.21. The van der Waals surface area contributed by atoms with Gasteiger partial charge in [0.25, 0.3) is 0 Å². The second kappa shape index (κ2) is 10.9. The Morgan fingerprint density at radius 1 is 1.18 bits per heavy atom. The van der Waals surface area contributed by atoms with Gasteiger partial charge >= 0.3 is 6.09 Å². The molecule has 2 aromatic carbocycles. The summed E-state index contributed by atoms with van der Waals surface area (Å²) >= 11 is 0. The van der Waals surface area contributed by atoms with Gasteiger partial charge in [-0.15, -0.1) is 0 Å². The number of ether oxygens (including phenoxy) is 2. The van der Waals surface area contributed by atoms with Crippen LogP contribution in [0.25, 0.3) is 22.2 Å². The molecule has 8 heteroatoms. The van der Waals surface area contributed by atoms with Gasteiger partial charge in [0.2, 0.25) is 0 Å². The van der Waals surface area contributed by atoms with Gasteiger partial charge in [-0.05, 0) is 80.8 Å².